The van der Waals surface area contributed by atoms with Gasteiger partial charge in [-0.3, -0.25) is 9.89 Å². The lowest BCUT2D eigenvalue weighted by molar-refractivity contribution is 0.0177. The molecule has 1 aliphatic rings. The molecule has 1 unspecified atom stereocenters. The summed E-state index contributed by atoms with van der Waals surface area (Å²) in [7, 11) is 1.78. The number of ether oxygens (including phenoxy) is 2. The molecule has 1 saturated heterocycles. The highest BCUT2D eigenvalue weighted by molar-refractivity contribution is 7.10. The van der Waals surface area contributed by atoms with Gasteiger partial charge >= 0.3 is 0 Å². The number of halogens is 1. The van der Waals surface area contributed by atoms with Crippen molar-refractivity contribution < 1.29 is 9.47 Å². The summed E-state index contributed by atoms with van der Waals surface area (Å²) in [6.07, 6.45) is 0. The monoisotopic (exact) mass is 422 g/mol. The summed E-state index contributed by atoms with van der Waals surface area (Å²) >= 11 is 7.68. The maximum absolute atomic E-state index is 5.89. The predicted molar refractivity (Wildman–Crippen MR) is 116 cm³/mol. The Morgan fingerprint density at radius 1 is 1.25 bits per heavy atom. The molecule has 0 saturated carbocycles. The summed E-state index contributed by atoms with van der Waals surface area (Å²) in [6.45, 7) is 5.46. The molecule has 1 fully saturated rings. The topological polar surface area (TPSA) is 58.1 Å². The Balaban J connectivity index is 1.45. The van der Waals surface area contributed by atoms with E-state index in [4.69, 9.17) is 21.1 Å². The molecule has 1 atom stereocenters. The molecule has 0 radical (unpaired) electrons. The van der Waals surface area contributed by atoms with Gasteiger partial charge in [0.25, 0.3) is 0 Å². The van der Waals surface area contributed by atoms with Gasteiger partial charge in [0.05, 0.1) is 25.8 Å². The van der Waals surface area contributed by atoms with Crippen LogP contribution >= 0.6 is 22.9 Å². The van der Waals surface area contributed by atoms with Gasteiger partial charge in [-0.05, 0) is 35.7 Å². The molecule has 1 aromatic heterocycles. The maximum Gasteiger partial charge on any atom is 0.191 e. The van der Waals surface area contributed by atoms with Crippen molar-refractivity contribution in [1.29, 1.82) is 0 Å². The van der Waals surface area contributed by atoms with Crippen LogP contribution in [0.4, 0.5) is 0 Å². The molecule has 2 N–H and O–H groups in total. The predicted octanol–water partition coefficient (Wildman–Crippen LogP) is 3.02. The highest BCUT2D eigenvalue weighted by Gasteiger charge is 2.23. The fourth-order valence-corrected chi connectivity index (χ4v) is 4.05. The van der Waals surface area contributed by atoms with Gasteiger partial charge < -0.3 is 20.1 Å². The number of hydrogen-bond donors (Lipinski definition) is 2. The molecule has 0 aliphatic carbocycles. The summed E-state index contributed by atoms with van der Waals surface area (Å²) in [5.74, 6) is 1.58. The van der Waals surface area contributed by atoms with Crippen LogP contribution < -0.4 is 15.4 Å². The second-order valence-corrected chi connectivity index (χ2v) is 7.78. The van der Waals surface area contributed by atoms with Gasteiger partial charge in [-0.1, -0.05) is 17.7 Å². The molecule has 8 heteroatoms. The molecule has 1 aliphatic heterocycles. The van der Waals surface area contributed by atoms with E-state index in [2.05, 4.69) is 38.0 Å². The highest BCUT2D eigenvalue weighted by atomic mass is 35.5. The van der Waals surface area contributed by atoms with Gasteiger partial charge in [0.1, 0.15) is 12.4 Å². The minimum atomic E-state index is 0.313. The Hall–Kier alpha value is -1.80. The van der Waals surface area contributed by atoms with Crippen molar-refractivity contribution in [3.8, 4) is 5.75 Å². The second-order valence-electron chi connectivity index (χ2n) is 6.36. The van der Waals surface area contributed by atoms with Crippen LogP contribution in [0.15, 0.2) is 46.8 Å². The van der Waals surface area contributed by atoms with Crippen LogP contribution in [-0.2, 0) is 4.74 Å². The number of benzene rings is 1. The molecule has 0 spiro atoms. The zero-order chi connectivity index (χ0) is 19.6. The molecule has 6 nitrogen and oxygen atoms in total. The lowest BCUT2D eigenvalue weighted by Crippen LogP contribution is -2.46. The van der Waals surface area contributed by atoms with E-state index < -0.39 is 0 Å². The second kappa shape index (κ2) is 11.3. The van der Waals surface area contributed by atoms with E-state index in [1.54, 1.807) is 18.4 Å². The first-order valence-corrected chi connectivity index (χ1v) is 10.7. The van der Waals surface area contributed by atoms with Crippen molar-refractivity contribution in [2.75, 3.05) is 53.0 Å². The van der Waals surface area contributed by atoms with Gasteiger partial charge in [0.2, 0.25) is 0 Å². The number of rotatable bonds is 8. The third kappa shape index (κ3) is 6.38. The van der Waals surface area contributed by atoms with E-state index in [1.165, 1.54) is 4.88 Å². The minimum Gasteiger partial charge on any atom is -0.492 e. The number of thiophene rings is 1. The SMILES string of the molecule is CN=C(NCCOc1ccc(Cl)cc1)NCC(c1cccs1)N1CCOCC1. The Morgan fingerprint density at radius 2 is 2.04 bits per heavy atom. The first-order valence-electron chi connectivity index (χ1n) is 9.44. The van der Waals surface area contributed by atoms with E-state index in [0.29, 0.717) is 24.2 Å². The average molecular weight is 423 g/mol. The van der Waals surface area contributed by atoms with Crippen LogP contribution in [0, 0.1) is 0 Å². The van der Waals surface area contributed by atoms with Crippen LogP contribution in [0.3, 0.4) is 0 Å². The highest BCUT2D eigenvalue weighted by Crippen LogP contribution is 2.25. The first kappa shape index (κ1) is 20.9. The van der Waals surface area contributed by atoms with E-state index in [0.717, 1.165) is 44.6 Å². The zero-order valence-electron chi connectivity index (χ0n) is 16.1. The van der Waals surface area contributed by atoms with E-state index in [1.807, 2.05) is 24.3 Å². The largest absolute Gasteiger partial charge is 0.492 e. The molecule has 0 amide bonds. The first-order chi connectivity index (χ1) is 13.8. The zero-order valence-corrected chi connectivity index (χ0v) is 17.6. The average Bonchev–Trinajstić information content (AvgIpc) is 3.26. The quantitative estimate of drug-likeness (QED) is 0.389. The molecule has 2 heterocycles. The standard InChI is InChI=1S/C20H27ClN4O2S/c1-22-20(23-8-11-27-17-6-4-16(21)5-7-17)24-15-18(19-3-2-14-28-19)25-9-12-26-13-10-25/h2-7,14,18H,8-13,15H2,1H3,(H2,22,23,24). The Morgan fingerprint density at radius 3 is 2.71 bits per heavy atom. The van der Waals surface area contributed by atoms with Crippen molar-refractivity contribution in [3.63, 3.8) is 0 Å². The van der Waals surface area contributed by atoms with E-state index in [-0.39, 0.29) is 0 Å². The summed E-state index contributed by atoms with van der Waals surface area (Å²) in [4.78, 5) is 8.15. The number of nitrogens with one attached hydrogen (secondary N) is 2. The van der Waals surface area contributed by atoms with Crippen molar-refractivity contribution in [1.82, 2.24) is 15.5 Å². The molecule has 1 aromatic carbocycles. The summed E-state index contributed by atoms with van der Waals surface area (Å²) in [5.41, 5.74) is 0. The summed E-state index contributed by atoms with van der Waals surface area (Å²) in [6, 6.07) is 12.0. The van der Waals surface area contributed by atoms with Gasteiger partial charge in [0.15, 0.2) is 5.96 Å². The number of aliphatic imine (C=N–C) groups is 1. The van der Waals surface area contributed by atoms with Gasteiger partial charge in [-0.25, -0.2) is 0 Å². The molecular weight excluding hydrogens is 396 g/mol. The lowest BCUT2D eigenvalue weighted by Gasteiger charge is -2.34. The van der Waals surface area contributed by atoms with Crippen molar-refractivity contribution in [2.45, 2.75) is 6.04 Å². The molecule has 2 aromatic rings. The smallest absolute Gasteiger partial charge is 0.191 e. The Labute approximate surface area is 175 Å². The van der Waals surface area contributed by atoms with Gasteiger partial charge in [-0.2, -0.15) is 0 Å². The lowest BCUT2D eigenvalue weighted by atomic mass is 10.2. The molecule has 152 valence electrons. The molecule has 0 bridgehead atoms. The van der Waals surface area contributed by atoms with Crippen LogP contribution in [-0.4, -0.2) is 63.9 Å². The normalized spacial score (nSPS) is 16.6. The van der Waals surface area contributed by atoms with Gasteiger partial charge in [0, 0.05) is 36.6 Å². The summed E-state index contributed by atoms with van der Waals surface area (Å²) in [5, 5.41) is 9.59. The van der Waals surface area contributed by atoms with E-state index in [9.17, 15) is 0 Å². The number of guanidine groups is 1. The van der Waals surface area contributed by atoms with Crippen LogP contribution in [0.2, 0.25) is 5.02 Å². The molecular formula is C20H27ClN4O2S. The Bertz CT molecular complexity index is 718. The van der Waals surface area contributed by atoms with E-state index >= 15 is 0 Å². The van der Waals surface area contributed by atoms with Crippen LogP contribution in [0.1, 0.15) is 10.9 Å². The van der Waals surface area contributed by atoms with Crippen LogP contribution in [0.5, 0.6) is 5.75 Å². The Kier molecular flexibility index (Phi) is 8.42. The van der Waals surface area contributed by atoms with Crippen molar-refractivity contribution in [2.24, 2.45) is 4.99 Å². The fraction of sp³-hybridized carbons (Fsp3) is 0.450. The fourth-order valence-electron chi connectivity index (χ4n) is 3.06. The van der Waals surface area contributed by atoms with Crippen molar-refractivity contribution in [3.05, 3.63) is 51.7 Å². The minimum absolute atomic E-state index is 0.313. The van der Waals surface area contributed by atoms with Gasteiger partial charge in [-0.15, -0.1) is 11.3 Å². The third-order valence-electron chi connectivity index (χ3n) is 4.52. The van der Waals surface area contributed by atoms with Crippen LogP contribution in [0.25, 0.3) is 0 Å². The van der Waals surface area contributed by atoms with Crippen molar-refractivity contribution >= 4 is 28.9 Å². The molecule has 28 heavy (non-hydrogen) atoms. The number of morpholine rings is 1. The molecule has 3 rings (SSSR count). The summed E-state index contributed by atoms with van der Waals surface area (Å²) < 4.78 is 11.2. The third-order valence-corrected chi connectivity index (χ3v) is 5.75. The number of nitrogens with zero attached hydrogens (tertiary/aromatic N) is 2. The maximum atomic E-state index is 5.89. The number of hydrogen-bond acceptors (Lipinski definition) is 5.